The standard InChI is InChI=1S/C12H21N3O3/c1-9(14-7-6-13-8-14)12(16)15(10(2)17-4)11(3)18-5/h6-11H,1-5H3/p+1. The minimum Gasteiger partial charge on any atom is -0.362 e. The van der Waals surface area contributed by atoms with Crippen LogP contribution in [0.1, 0.15) is 26.8 Å². The van der Waals surface area contributed by atoms with Gasteiger partial charge in [0.1, 0.15) is 24.8 Å². The SMILES string of the molecule is COC(C)N(C(=O)C(C)[n+]1cc[nH]c1)C(C)OC. The molecule has 6 nitrogen and oxygen atoms in total. The minimum absolute atomic E-state index is 0.0525. The molecular weight excluding hydrogens is 234 g/mol. The Morgan fingerprint density at radius 1 is 1.22 bits per heavy atom. The topological polar surface area (TPSA) is 58.4 Å². The maximum atomic E-state index is 12.5. The third-order valence-corrected chi connectivity index (χ3v) is 3.09. The Kier molecular flexibility index (Phi) is 5.30. The Morgan fingerprint density at radius 2 is 1.78 bits per heavy atom. The Labute approximate surface area is 108 Å². The zero-order valence-electron chi connectivity index (χ0n) is 11.6. The lowest BCUT2D eigenvalue weighted by Crippen LogP contribution is -2.53. The van der Waals surface area contributed by atoms with Crippen molar-refractivity contribution in [1.29, 1.82) is 0 Å². The summed E-state index contributed by atoms with van der Waals surface area (Å²) >= 11 is 0. The second kappa shape index (κ2) is 6.51. The molecule has 102 valence electrons. The molecule has 1 aromatic rings. The molecule has 0 saturated heterocycles. The first-order valence-corrected chi connectivity index (χ1v) is 5.94. The molecule has 0 spiro atoms. The van der Waals surface area contributed by atoms with E-state index in [2.05, 4.69) is 4.98 Å². The number of nitrogens with one attached hydrogen (secondary N) is 1. The quantitative estimate of drug-likeness (QED) is 0.601. The van der Waals surface area contributed by atoms with Crippen LogP contribution >= 0.6 is 0 Å². The van der Waals surface area contributed by atoms with Crippen LogP contribution in [0.4, 0.5) is 0 Å². The molecule has 0 radical (unpaired) electrons. The van der Waals surface area contributed by atoms with Crippen LogP contribution < -0.4 is 4.57 Å². The lowest BCUT2D eigenvalue weighted by Gasteiger charge is -2.33. The number of aromatic nitrogens is 2. The van der Waals surface area contributed by atoms with Crippen LogP contribution in [-0.4, -0.2) is 42.5 Å². The summed E-state index contributed by atoms with van der Waals surface area (Å²) in [5.74, 6) is -0.0525. The molecular formula is C12H22N3O3+. The third-order valence-electron chi connectivity index (χ3n) is 3.09. The number of carbonyl (C=O) groups excluding carboxylic acids is 1. The smallest absolute Gasteiger partial charge is 0.271 e. The highest BCUT2D eigenvalue weighted by atomic mass is 16.5. The van der Waals surface area contributed by atoms with Gasteiger partial charge in [-0.05, 0) is 20.8 Å². The summed E-state index contributed by atoms with van der Waals surface area (Å²) in [5, 5.41) is 0. The van der Waals surface area contributed by atoms with Gasteiger partial charge >= 0.3 is 0 Å². The van der Waals surface area contributed by atoms with E-state index in [0.29, 0.717) is 0 Å². The van der Waals surface area contributed by atoms with Crippen molar-refractivity contribution < 1.29 is 18.8 Å². The van der Waals surface area contributed by atoms with Gasteiger partial charge in [-0.25, -0.2) is 4.57 Å². The van der Waals surface area contributed by atoms with Gasteiger partial charge in [0.15, 0.2) is 6.04 Å². The van der Waals surface area contributed by atoms with Crippen molar-refractivity contribution in [3.63, 3.8) is 0 Å². The number of imidazole rings is 1. The molecule has 3 atom stereocenters. The van der Waals surface area contributed by atoms with Crippen molar-refractivity contribution in [3.8, 4) is 0 Å². The maximum Gasteiger partial charge on any atom is 0.271 e. The largest absolute Gasteiger partial charge is 0.362 e. The van der Waals surface area contributed by atoms with Gasteiger partial charge in [-0.1, -0.05) is 0 Å². The molecule has 18 heavy (non-hydrogen) atoms. The van der Waals surface area contributed by atoms with Gasteiger partial charge in [-0.2, -0.15) is 0 Å². The van der Waals surface area contributed by atoms with Crippen LogP contribution in [0.25, 0.3) is 0 Å². The first-order valence-electron chi connectivity index (χ1n) is 5.94. The summed E-state index contributed by atoms with van der Waals surface area (Å²) in [4.78, 5) is 17.0. The highest BCUT2D eigenvalue weighted by Gasteiger charge is 2.32. The fraction of sp³-hybridized carbons (Fsp3) is 0.667. The molecule has 0 aliphatic rings. The fourth-order valence-corrected chi connectivity index (χ4v) is 1.77. The van der Waals surface area contributed by atoms with E-state index in [0.717, 1.165) is 0 Å². The van der Waals surface area contributed by atoms with E-state index in [9.17, 15) is 4.79 Å². The fourth-order valence-electron chi connectivity index (χ4n) is 1.77. The molecule has 3 unspecified atom stereocenters. The van der Waals surface area contributed by atoms with Gasteiger partial charge < -0.3 is 9.47 Å². The predicted molar refractivity (Wildman–Crippen MR) is 65.5 cm³/mol. The first kappa shape index (κ1) is 14.7. The van der Waals surface area contributed by atoms with Gasteiger partial charge in [-0.3, -0.25) is 14.7 Å². The summed E-state index contributed by atoms with van der Waals surface area (Å²) < 4.78 is 12.3. The molecule has 0 bridgehead atoms. The monoisotopic (exact) mass is 256 g/mol. The Bertz CT molecular complexity index is 357. The number of ether oxygens (including phenoxy) is 2. The summed E-state index contributed by atoms with van der Waals surface area (Å²) in [6.07, 6.45) is 4.66. The number of methoxy groups -OCH3 is 2. The van der Waals surface area contributed by atoms with E-state index < -0.39 is 0 Å². The second-order valence-electron chi connectivity index (χ2n) is 4.15. The number of carbonyl (C=O) groups is 1. The van der Waals surface area contributed by atoms with Gasteiger partial charge in [0.2, 0.25) is 6.33 Å². The van der Waals surface area contributed by atoms with Crippen molar-refractivity contribution >= 4 is 5.91 Å². The molecule has 1 amide bonds. The molecule has 0 fully saturated rings. The van der Waals surface area contributed by atoms with Crippen molar-refractivity contribution in [3.05, 3.63) is 18.7 Å². The minimum atomic E-state index is -0.338. The molecule has 1 heterocycles. The lowest BCUT2D eigenvalue weighted by atomic mass is 10.2. The molecule has 6 heteroatoms. The molecule has 0 aromatic carbocycles. The zero-order chi connectivity index (χ0) is 13.7. The van der Waals surface area contributed by atoms with Gasteiger partial charge in [0.25, 0.3) is 5.91 Å². The van der Waals surface area contributed by atoms with E-state index in [4.69, 9.17) is 9.47 Å². The normalized spacial score (nSPS) is 16.1. The highest BCUT2D eigenvalue weighted by molar-refractivity contribution is 5.78. The third kappa shape index (κ3) is 3.08. The van der Waals surface area contributed by atoms with E-state index in [1.807, 2.05) is 27.0 Å². The summed E-state index contributed by atoms with van der Waals surface area (Å²) in [7, 11) is 3.14. The Balaban J connectivity index is 2.88. The van der Waals surface area contributed by atoms with Crippen LogP contribution in [0.3, 0.4) is 0 Å². The molecule has 1 rings (SSSR count). The van der Waals surface area contributed by atoms with Crippen molar-refractivity contribution in [2.24, 2.45) is 0 Å². The first-order chi connectivity index (χ1) is 8.52. The van der Waals surface area contributed by atoms with E-state index in [1.165, 1.54) is 0 Å². The summed E-state index contributed by atoms with van der Waals surface area (Å²) in [6, 6.07) is -0.313. The van der Waals surface area contributed by atoms with E-state index in [-0.39, 0.29) is 24.4 Å². The van der Waals surface area contributed by atoms with Crippen LogP contribution in [0.2, 0.25) is 0 Å². The zero-order valence-corrected chi connectivity index (χ0v) is 11.6. The number of nitrogens with zero attached hydrogens (tertiary/aromatic N) is 2. The second-order valence-corrected chi connectivity index (χ2v) is 4.15. The summed E-state index contributed by atoms with van der Waals surface area (Å²) in [5.41, 5.74) is 0. The maximum absolute atomic E-state index is 12.5. The van der Waals surface area contributed by atoms with Gasteiger partial charge in [0.05, 0.1) is 0 Å². The van der Waals surface area contributed by atoms with Crippen molar-refractivity contribution in [2.75, 3.05) is 14.2 Å². The number of amides is 1. The average molecular weight is 256 g/mol. The summed E-state index contributed by atoms with van der Waals surface area (Å²) in [6.45, 7) is 5.48. The number of aromatic amines is 1. The van der Waals surface area contributed by atoms with Crippen LogP contribution in [0, 0.1) is 0 Å². The Hall–Kier alpha value is -1.40. The molecule has 1 N–H and O–H groups in total. The van der Waals surface area contributed by atoms with Crippen LogP contribution in [0.5, 0.6) is 0 Å². The van der Waals surface area contributed by atoms with Crippen LogP contribution in [0.15, 0.2) is 18.7 Å². The van der Waals surface area contributed by atoms with Crippen molar-refractivity contribution in [1.82, 2.24) is 9.88 Å². The van der Waals surface area contributed by atoms with Gasteiger partial charge in [0, 0.05) is 14.2 Å². The van der Waals surface area contributed by atoms with Crippen LogP contribution in [-0.2, 0) is 14.3 Å². The predicted octanol–water partition coefficient (Wildman–Crippen LogP) is 0.677. The molecule has 0 aliphatic heterocycles. The number of hydrogen-bond donors (Lipinski definition) is 1. The number of rotatable bonds is 6. The molecule has 0 saturated carbocycles. The number of hydrogen-bond acceptors (Lipinski definition) is 3. The highest BCUT2D eigenvalue weighted by Crippen LogP contribution is 2.12. The number of H-pyrrole nitrogens is 1. The molecule has 1 aromatic heterocycles. The molecule has 0 aliphatic carbocycles. The van der Waals surface area contributed by atoms with Crippen molar-refractivity contribution in [2.45, 2.75) is 39.3 Å². The average Bonchev–Trinajstić information content (AvgIpc) is 2.91. The lowest BCUT2D eigenvalue weighted by molar-refractivity contribution is -0.705. The Morgan fingerprint density at radius 3 is 2.17 bits per heavy atom. The van der Waals surface area contributed by atoms with E-state index in [1.54, 1.807) is 36.2 Å². The van der Waals surface area contributed by atoms with Gasteiger partial charge in [-0.15, -0.1) is 0 Å². The van der Waals surface area contributed by atoms with E-state index >= 15 is 0 Å².